The molecule has 0 aromatic heterocycles. The molecule has 1 aromatic rings. The SMILES string of the molecule is COc1ccc2c(c1)CNC(C)C2=O. The molecule has 1 atom stereocenters. The summed E-state index contributed by atoms with van der Waals surface area (Å²) in [5, 5.41) is 3.13. The molecule has 0 spiro atoms. The average Bonchev–Trinajstić information content (AvgIpc) is 2.23. The van der Waals surface area contributed by atoms with Crippen molar-refractivity contribution in [3.8, 4) is 5.75 Å². The van der Waals surface area contributed by atoms with Crippen LogP contribution in [0.4, 0.5) is 0 Å². The van der Waals surface area contributed by atoms with Crippen LogP contribution in [0.3, 0.4) is 0 Å². The van der Waals surface area contributed by atoms with Gasteiger partial charge in [0.25, 0.3) is 0 Å². The van der Waals surface area contributed by atoms with Crippen molar-refractivity contribution in [1.82, 2.24) is 5.32 Å². The van der Waals surface area contributed by atoms with Gasteiger partial charge in [0.05, 0.1) is 13.2 Å². The van der Waals surface area contributed by atoms with Gasteiger partial charge in [-0.3, -0.25) is 4.79 Å². The Hall–Kier alpha value is -1.35. The van der Waals surface area contributed by atoms with Gasteiger partial charge in [-0.25, -0.2) is 0 Å². The summed E-state index contributed by atoms with van der Waals surface area (Å²) in [6, 6.07) is 5.50. The molecular formula is C11H13NO2. The minimum Gasteiger partial charge on any atom is -0.497 e. The van der Waals surface area contributed by atoms with E-state index in [4.69, 9.17) is 4.74 Å². The smallest absolute Gasteiger partial charge is 0.179 e. The van der Waals surface area contributed by atoms with Crippen LogP contribution in [0.1, 0.15) is 22.8 Å². The quantitative estimate of drug-likeness (QED) is 0.728. The molecule has 1 heterocycles. The molecule has 14 heavy (non-hydrogen) atoms. The Bertz CT molecular complexity index is 374. The number of hydrogen-bond donors (Lipinski definition) is 1. The number of nitrogens with one attached hydrogen (secondary N) is 1. The Kier molecular flexibility index (Phi) is 2.25. The molecule has 3 heteroatoms. The second-order valence-electron chi connectivity index (χ2n) is 3.49. The number of carbonyl (C=O) groups is 1. The lowest BCUT2D eigenvalue weighted by Crippen LogP contribution is -2.38. The van der Waals surface area contributed by atoms with Gasteiger partial charge in [-0.15, -0.1) is 0 Å². The third-order valence-corrected chi connectivity index (χ3v) is 2.57. The molecule has 1 N–H and O–H groups in total. The van der Waals surface area contributed by atoms with E-state index in [0.717, 1.165) is 23.4 Å². The molecule has 0 saturated carbocycles. The van der Waals surface area contributed by atoms with Gasteiger partial charge in [-0.2, -0.15) is 0 Å². The summed E-state index contributed by atoms with van der Waals surface area (Å²) in [7, 11) is 1.63. The lowest BCUT2D eigenvalue weighted by molar-refractivity contribution is 0.0939. The highest BCUT2D eigenvalue weighted by atomic mass is 16.5. The van der Waals surface area contributed by atoms with Crippen LogP contribution >= 0.6 is 0 Å². The van der Waals surface area contributed by atoms with E-state index >= 15 is 0 Å². The van der Waals surface area contributed by atoms with E-state index in [2.05, 4.69) is 5.32 Å². The van der Waals surface area contributed by atoms with Gasteiger partial charge < -0.3 is 10.1 Å². The summed E-state index contributed by atoms with van der Waals surface area (Å²) >= 11 is 0. The Labute approximate surface area is 83.1 Å². The second kappa shape index (κ2) is 3.42. The molecule has 3 nitrogen and oxygen atoms in total. The molecular weight excluding hydrogens is 178 g/mol. The van der Waals surface area contributed by atoms with Crippen LogP contribution in [-0.2, 0) is 6.54 Å². The van der Waals surface area contributed by atoms with E-state index in [0.29, 0.717) is 0 Å². The van der Waals surface area contributed by atoms with Crippen LogP contribution in [0.25, 0.3) is 0 Å². The summed E-state index contributed by atoms with van der Waals surface area (Å²) < 4.78 is 5.10. The van der Waals surface area contributed by atoms with Gasteiger partial charge >= 0.3 is 0 Å². The van der Waals surface area contributed by atoms with Crippen LogP contribution in [0.2, 0.25) is 0 Å². The van der Waals surface area contributed by atoms with Gasteiger partial charge in [0, 0.05) is 12.1 Å². The van der Waals surface area contributed by atoms with Crippen LogP contribution in [0.5, 0.6) is 5.75 Å². The van der Waals surface area contributed by atoms with Crippen molar-refractivity contribution < 1.29 is 9.53 Å². The maximum absolute atomic E-state index is 11.7. The summed E-state index contributed by atoms with van der Waals surface area (Å²) in [6.45, 7) is 2.62. The van der Waals surface area contributed by atoms with E-state index in [-0.39, 0.29) is 11.8 Å². The zero-order chi connectivity index (χ0) is 10.1. The fourth-order valence-corrected chi connectivity index (χ4v) is 1.67. The van der Waals surface area contributed by atoms with E-state index < -0.39 is 0 Å². The largest absolute Gasteiger partial charge is 0.497 e. The average molecular weight is 191 g/mol. The van der Waals surface area contributed by atoms with E-state index in [1.807, 2.05) is 25.1 Å². The maximum Gasteiger partial charge on any atom is 0.179 e. The zero-order valence-electron chi connectivity index (χ0n) is 8.33. The Balaban J connectivity index is 2.44. The number of carbonyl (C=O) groups excluding carboxylic acids is 1. The first kappa shape index (κ1) is 9.21. The Morgan fingerprint density at radius 2 is 2.29 bits per heavy atom. The lowest BCUT2D eigenvalue weighted by atomic mass is 9.95. The van der Waals surface area contributed by atoms with Crippen LogP contribution < -0.4 is 10.1 Å². The molecule has 0 bridgehead atoms. The van der Waals surface area contributed by atoms with Gasteiger partial charge in [-0.1, -0.05) is 0 Å². The van der Waals surface area contributed by atoms with E-state index in [1.165, 1.54) is 0 Å². The van der Waals surface area contributed by atoms with Gasteiger partial charge in [-0.05, 0) is 30.7 Å². The Morgan fingerprint density at radius 1 is 1.50 bits per heavy atom. The Morgan fingerprint density at radius 3 is 3.00 bits per heavy atom. The van der Waals surface area contributed by atoms with Gasteiger partial charge in [0.2, 0.25) is 0 Å². The maximum atomic E-state index is 11.7. The molecule has 74 valence electrons. The summed E-state index contributed by atoms with van der Waals surface area (Å²) in [6.07, 6.45) is 0. The number of ketones is 1. The molecule has 0 fully saturated rings. The summed E-state index contributed by atoms with van der Waals surface area (Å²) in [5.74, 6) is 0.960. The molecule has 0 saturated heterocycles. The van der Waals surface area contributed by atoms with E-state index in [1.54, 1.807) is 7.11 Å². The zero-order valence-corrected chi connectivity index (χ0v) is 8.33. The molecule has 1 aromatic carbocycles. The standard InChI is InChI=1S/C11H13NO2/c1-7-11(13)10-4-3-9(14-2)5-8(10)6-12-7/h3-5,7,12H,6H2,1-2H3. The second-order valence-corrected chi connectivity index (χ2v) is 3.49. The van der Waals surface area contributed by atoms with Gasteiger partial charge in [0.15, 0.2) is 5.78 Å². The number of rotatable bonds is 1. The van der Waals surface area contributed by atoms with Crippen LogP contribution in [0, 0.1) is 0 Å². The predicted molar refractivity (Wildman–Crippen MR) is 53.6 cm³/mol. The first-order chi connectivity index (χ1) is 6.72. The molecule has 0 amide bonds. The van der Waals surface area contributed by atoms with Crippen LogP contribution in [0.15, 0.2) is 18.2 Å². The van der Waals surface area contributed by atoms with Crippen LogP contribution in [-0.4, -0.2) is 18.9 Å². The lowest BCUT2D eigenvalue weighted by Gasteiger charge is -2.22. The monoisotopic (exact) mass is 191 g/mol. The summed E-state index contributed by atoms with van der Waals surface area (Å²) in [5.41, 5.74) is 1.84. The van der Waals surface area contributed by atoms with Crippen molar-refractivity contribution in [1.29, 1.82) is 0 Å². The highest BCUT2D eigenvalue weighted by molar-refractivity contribution is 6.02. The van der Waals surface area contributed by atoms with Gasteiger partial charge in [0.1, 0.15) is 5.75 Å². The van der Waals surface area contributed by atoms with Crippen molar-refractivity contribution >= 4 is 5.78 Å². The first-order valence-corrected chi connectivity index (χ1v) is 4.67. The minimum absolute atomic E-state index is 0.0732. The fraction of sp³-hybridized carbons (Fsp3) is 0.364. The molecule has 0 radical (unpaired) electrons. The minimum atomic E-state index is -0.0732. The number of hydrogen-bond acceptors (Lipinski definition) is 3. The van der Waals surface area contributed by atoms with Crippen molar-refractivity contribution in [3.05, 3.63) is 29.3 Å². The van der Waals surface area contributed by atoms with Crippen molar-refractivity contribution in [2.24, 2.45) is 0 Å². The van der Waals surface area contributed by atoms with E-state index in [9.17, 15) is 4.79 Å². The number of methoxy groups -OCH3 is 1. The highest BCUT2D eigenvalue weighted by Gasteiger charge is 2.23. The normalized spacial score (nSPS) is 20.4. The molecule has 1 aliphatic rings. The number of Topliss-reactive ketones (excluding diaryl/α,β-unsaturated/α-hetero) is 1. The molecule has 2 rings (SSSR count). The topological polar surface area (TPSA) is 38.3 Å². The first-order valence-electron chi connectivity index (χ1n) is 4.67. The van der Waals surface area contributed by atoms with Crippen molar-refractivity contribution in [3.63, 3.8) is 0 Å². The summed E-state index contributed by atoms with van der Waals surface area (Å²) in [4.78, 5) is 11.7. The molecule has 0 aliphatic carbocycles. The van der Waals surface area contributed by atoms with Crippen molar-refractivity contribution in [2.45, 2.75) is 19.5 Å². The number of ether oxygens (including phenoxy) is 1. The number of benzene rings is 1. The van der Waals surface area contributed by atoms with Crippen molar-refractivity contribution in [2.75, 3.05) is 7.11 Å². The fourth-order valence-electron chi connectivity index (χ4n) is 1.67. The molecule has 1 unspecified atom stereocenters. The predicted octanol–water partition coefficient (Wildman–Crippen LogP) is 1.37. The highest BCUT2D eigenvalue weighted by Crippen LogP contribution is 2.21. The third-order valence-electron chi connectivity index (χ3n) is 2.57. The molecule has 1 aliphatic heterocycles. The number of fused-ring (bicyclic) bond motifs is 1. The third kappa shape index (κ3) is 1.40.